The number of carbonyl (C=O) groups is 4. The number of fused-ring (bicyclic) bond motifs is 5. The highest BCUT2D eigenvalue weighted by molar-refractivity contribution is 6.08. The lowest BCUT2D eigenvalue weighted by atomic mass is 9.85. The van der Waals surface area contributed by atoms with Crippen molar-refractivity contribution in [1.82, 2.24) is 4.90 Å². The number of rotatable bonds is 5. The molecule has 4 atom stereocenters. The molecule has 3 aliphatic rings. The lowest BCUT2D eigenvalue weighted by Gasteiger charge is -2.16. The molecule has 0 aromatic heterocycles. The number of esters is 1. The van der Waals surface area contributed by atoms with E-state index >= 15 is 0 Å². The number of likely N-dealkylation sites (tertiary alicyclic amines) is 1. The van der Waals surface area contributed by atoms with Crippen LogP contribution >= 0.6 is 0 Å². The van der Waals surface area contributed by atoms with Crippen molar-refractivity contribution in [3.05, 3.63) is 42.0 Å². The van der Waals surface area contributed by atoms with Crippen LogP contribution in [-0.2, 0) is 23.9 Å². The van der Waals surface area contributed by atoms with E-state index in [-0.39, 0.29) is 35.5 Å². The molecule has 27 heavy (non-hydrogen) atoms. The zero-order valence-corrected chi connectivity index (χ0v) is 14.9. The van der Waals surface area contributed by atoms with Crippen LogP contribution in [0.4, 0.5) is 5.69 Å². The van der Waals surface area contributed by atoms with Gasteiger partial charge in [-0.05, 0) is 36.8 Å². The minimum atomic E-state index is -0.767. The zero-order valence-electron chi connectivity index (χ0n) is 14.9. The first-order valence-electron chi connectivity index (χ1n) is 9.00. The van der Waals surface area contributed by atoms with Gasteiger partial charge in [0.15, 0.2) is 6.61 Å². The Balaban J connectivity index is 1.30. The molecule has 7 heteroatoms. The molecule has 1 saturated carbocycles. The Morgan fingerprint density at radius 3 is 2.37 bits per heavy atom. The Hall–Kier alpha value is -2.96. The number of nitrogens with one attached hydrogen (secondary N) is 1. The van der Waals surface area contributed by atoms with Crippen LogP contribution in [0.1, 0.15) is 12.0 Å². The topological polar surface area (TPSA) is 92.8 Å². The van der Waals surface area contributed by atoms with Crippen molar-refractivity contribution in [1.29, 1.82) is 0 Å². The molecule has 1 heterocycles. The number of benzene rings is 1. The van der Waals surface area contributed by atoms with Gasteiger partial charge in [0, 0.05) is 5.69 Å². The van der Waals surface area contributed by atoms with Crippen molar-refractivity contribution in [3.8, 4) is 0 Å². The summed E-state index contributed by atoms with van der Waals surface area (Å²) in [5.74, 6) is -2.34. The van der Waals surface area contributed by atoms with Crippen molar-refractivity contribution in [2.24, 2.45) is 23.7 Å². The first-order valence-corrected chi connectivity index (χ1v) is 9.00. The van der Waals surface area contributed by atoms with Gasteiger partial charge in [0.25, 0.3) is 5.91 Å². The standard InChI is InChI=1S/C20H20N2O5/c1-11-4-2-3-5-14(11)21-15(23)10-27-16(24)9-22-19(25)17-12-6-7-13(8-12)18(17)20(22)26/h2-7,12-13,17-18H,8-10H2,1H3,(H,21,23)/t12-,13-,17-,18+/m0/s1. The molecule has 0 radical (unpaired) electrons. The fourth-order valence-electron chi connectivity index (χ4n) is 4.34. The predicted molar refractivity (Wildman–Crippen MR) is 95.2 cm³/mol. The summed E-state index contributed by atoms with van der Waals surface area (Å²) in [4.78, 5) is 50.0. The molecule has 2 aliphatic carbocycles. The third kappa shape index (κ3) is 3.03. The third-order valence-electron chi connectivity index (χ3n) is 5.63. The number of aryl methyl sites for hydroxylation is 1. The quantitative estimate of drug-likeness (QED) is 0.480. The van der Waals surface area contributed by atoms with Gasteiger partial charge in [-0.15, -0.1) is 0 Å². The summed E-state index contributed by atoms with van der Waals surface area (Å²) < 4.78 is 4.95. The molecule has 1 N–H and O–H groups in total. The van der Waals surface area contributed by atoms with E-state index in [1.165, 1.54) is 0 Å². The van der Waals surface area contributed by atoms with Gasteiger partial charge in [-0.25, -0.2) is 0 Å². The molecule has 1 aliphatic heterocycles. The number of nitrogens with zero attached hydrogens (tertiary/aromatic N) is 1. The lowest BCUT2D eigenvalue weighted by Crippen LogP contribution is -2.38. The van der Waals surface area contributed by atoms with Gasteiger partial charge in [-0.3, -0.25) is 24.1 Å². The number of allylic oxidation sites excluding steroid dienone is 2. The van der Waals surface area contributed by atoms with Gasteiger partial charge >= 0.3 is 5.97 Å². The maximum absolute atomic E-state index is 12.5. The van der Waals surface area contributed by atoms with E-state index in [1.807, 2.05) is 31.2 Å². The number of anilines is 1. The number of hydrogen-bond donors (Lipinski definition) is 1. The highest BCUT2D eigenvalue weighted by atomic mass is 16.5. The number of carbonyl (C=O) groups excluding carboxylic acids is 4. The summed E-state index contributed by atoms with van der Waals surface area (Å²) in [6.45, 7) is 0.940. The van der Waals surface area contributed by atoms with E-state index in [0.717, 1.165) is 16.9 Å². The second kappa shape index (κ2) is 6.64. The summed E-state index contributed by atoms with van der Waals surface area (Å²) in [6.07, 6.45) is 4.83. The fraction of sp³-hybridized carbons (Fsp3) is 0.400. The van der Waals surface area contributed by atoms with Crippen LogP contribution in [-0.4, -0.2) is 41.7 Å². The first-order chi connectivity index (χ1) is 13.0. The number of imide groups is 1. The third-order valence-corrected chi connectivity index (χ3v) is 5.63. The predicted octanol–water partition coefficient (Wildman–Crippen LogP) is 1.28. The molecule has 2 fully saturated rings. The van der Waals surface area contributed by atoms with Gasteiger partial charge in [0.05, 0.1) is 11.8 Å². The van der Waals surface area contributed by atoms with Crippen molar-refractivity contribution in [2.75, 3.05) is 18.5 Å². The fourth-order valence-corrected chi connectivity index (χ4v) is 4.34. The molecule has 1 aromatic carbocycles. The maximum atomic E-state index is 12.5. The molecular weight excluding hydrogens is 348 g/mol. The SMILES string of the molecule is Cc1ccccc1NC(=O)COC(=O)CN1C(=O)[C@@H]2[C@H](C1=O)[C@H]1C=C[C@H]2C1. The Bertz CT molecular complexity index is 832. The zero-order chi connectivity index (χ0) is 19.1. The van der Waals surface area contributed by atoms with Crippen LogP contribution in [0.3, 0.4) is 0 Å². The smallest absolute Gasteiger partial charge is 0.326 e. The molecule has 7 nitrogen and oxygen atoms in total. The van der Waals surface area contributed by atoms with Gasteiger partial charge in [-0.1, -0.05) is 30.4 Å². The van der Waals surface area contributed by atoms with Gasteiger partial charge < -0.3 is 10.1 Å². The average Bonchev–Trinajstić information content (AvgIpc) is 3.32. The van der Waals surface area contributed by atoms with E-state index in [9.17, 15) is 19.2 Å². The minimum Gasteiger partial charge on any atom is -0.454 e. The van der Waals surface area contributed by atoms with E-state index in [1.54, 1.807) is 12.1 Å². The van der Waals surface area contributed by atoms with E-state index in [0.29, 0.717) is 5.69 Å². The molecule has 140 valence electrons. The molecule has 3 amide bonds. The molecule has 0 spiro atoms. The van der Waals surface area contributed by atoms with Crippen LogP contribution in [0.15, 0.2) is 36.4 Å². The lowest BCUT2D eigenvalue weighted by molar-refractivity contribution is -0.154. The van der Waals surface area contributed by atoms with E-state index in [2.05, 4.69) is 5.32 Å². The van der Waals surface area contributed by atoms with E-state index in [4.69, 9.17) is 4.74 Å². The molecule has 0 unspecified atom stereocenters. The van der Waals surface area contributed by atoms with Gasteiger partial charge in [-0.2, -0.15) is 0 Å². The Kier molecular flexibility index (Phi) is 4.30. The van der Waals surface area contributed by atoms with Gasteiger partial charge in [0.2, 0.25) is 11.8 Å². The molecule has 1 saturated heterocycles. The minimum absolute atomic E-state index is 0.0948. The Labute approximate surface area is 156 Å². The second-order valence-corrected chi connectivity index (χ2v) is 7.29. The van der Waals surface area contributed by atoms with Crippen LogP contribution in [0, 0.1) is 30.6 Å². The molecule has 4 rings (SSSR count). The van der Waals surface area contributed by atoms with Crippen LogP contribution in [0.5, 0.6) is 0 Å². The maximum Gasteiger partial charge on any atom is 0.326 e. The summed E-state index contributed by atoms with van der Waals surface area (Å²) in [5.41, 5.74) is 1.53. The molecular formula is C20H20N2O5. The van der Waals surface area contributed by atoms with Crippen LogP contribution in [0.2, 0.25) is 0 Å². The normalized spacial score (nSPS) is 27.8. The van der Waals surface area contributed by atoms with Crippen molar-refractivity contribution >= 4 is 29.4 Å². The van der Waals surface area contributed by atoms with E-state index < -0.39 is 25.0 Å². The summed E-state index contributed by atoms with van der Waals surface area (Å²) in [6, 6.07) is 7.24. The number of para-hydroxylation sites is 1. The Morgan fingerprint density at radius 1 is 1.11 bits per heavy atom. The molecule has 1 aromatic rings. The number of ether oxygens (including phenoxy) is 1. The second-order valence-electron chi connectivity index (χ2n) is 7.29. The van der Waals surface area contributed by atoms with Crippen molar-refractivity contribution in [3.63, 3.8) is 0 Å². The summed E-state index contributed by atoms with van der Waals surface area (Å²) in [7, 11) is 0. The van der Waals surface area contributed by atoms with Crippen molar-refractivity contribution in [2.45, 2.75) is 13.3 Å². The monoisotopic (exact) mass is 368 g/mol. The molecule has 2 bridgehead atoms. The van der Waals surface area contributed by atoms with Crippen LogP contribution < -0.4 is 5.32 Å². The highest BCUT2D eigenvalue weighted by Crippen LogP contribution is 2.52. The number of hydrogen-bond acceptors (Lipinski definition) is 5. The summed E-state index contributed by atoms with van der Waals surface area (Å²) in [5, 5.41) is 2.66. The number of amides is 3. The van der Waals surface area contributed by atoms with Crippen molar-refractivity contribution < 1.29 is 23.9 Å². The largest absolute Gasteiger partial charge is 0.454 e. The van der Waals surface area contributed by atoms with Gasteiger partial charge in [0.1, 0.15) is 6.54 Å². The highest BCUT2D eigenvalue weighted by Gasteiger charge is 2.59. The summed E-state index contributed by atoms with van der Waals surface area (Å²) >= 11 is 0. The first kappa shape index (κ1) is 17.5. The van der Waals surface area contributed by atoms with Crippen LogP contribution in [0.25, 0.3) is 0 Å². The average molecular weight is 368 g/mol. The Morgan fingerprint density at radius 2 is 1.74 bits per heavy atom.